The number of likely N-dealkylation sites (tertiary alicyclic amines) is 1. The number of carbonyl (C=O) groups is 2. The van der Waals surface area contributed by atoms with Gasteiger partial charge in [0.25, 0.3) is 11.8 Å². The minimum Gasteiger partial charge on any atom is -0.489 e. The van der Waals surface area contributed by atoms with Crippen molar-refractivity contribution in [1.29, 1.82) is 0 Å². The van der Waals surface area contributed by atoms with Gasteiger partial charge in [-0.2, -0.15) is 0 Å². The van der Waals surface area contributed by atoms with Gasteiger partial charge < -0.3 is 15.0 Å². The van der Waals surface area contributed by atoms with E-state index in [1.54, 1.807) is 24.3 Å². The van der Waals surface area contributed by atoms with Gasteiger partial charge in [-0.05, 0) is 63.1 Å². The maximum Gasteiger partial charge on any atom is 0.255 e. The molecule has 1 fully saturated rings. The average Bonchev–Trinajstić information content (AvgIpc) is 2.98. The van der Waals surface area contributed by atoms with Gasteiger partial charge in [0.15, 0.2) is 0 Å². The Bertz CT molecular complexity index is 807. The van der Waals surface area contributed by atoms with E-state index >= 15 is 0 Å². The number of nitrogens with zero attached hydrogens (tertiary/aromatic N) is 1. The van der Waals surface area contributed by atoms with Crippen molar-refractivity contribution in [3.63, 3.8) is 0 Å². The van der Waals surface area contributed by atoms with Crippen molar-refractivity contribution in [3.05, 3.63) is 59.7 Å². The molecule has 0 unspecified atom stereocenters. The topological polar surface area (TPSA) is 58.6 Å². The summed E-state index contributed by atoms with van der Waals surface area (Å²) in [6.07, 6.45) is 4.51. The van der Waals surface area contributed by atoms with Crippen LogP contribution in [0.5, 0.6) is 5.75 Å². The number of hydrogen-bond acceptors (Lipinski definition) is 3. The number of ether oxygens (including phenoxy) is 1. The quantitative estimate of drug-likeness (QED) is 0.815. The monoisotopic (exact) mass is 380 g/mol. The smallest absolute Gasteiger partial charge is 0.255 e. The van der Waals surface area contributed by atoms with Gasteiger partial charge >= 0.3 is 0 Å². The fraction of sp³-hybridized carbons (Fsp3) is 0.391. The third kappa shape index (κ3) is 5.12. The molecule has 1 aliphatic rings. The molecule has 0 spiro atoms. The van der Waals surface area contributed by atoms with Crippen LogP contribution in [0, 0.1) is 0 Å². The van der Waals surface area contributed by atoms with E-state index in [2.05, 4.69) is 5.32 Å². The summed E-state index contributed by atoms with van der Waals surface area (Å²) in [6.45, 7) is 5.51. The van der Waals surface area contributed by atoms with Crippen molar-refractivity contribution in [1.82, 2.24) is 4.90 Å². The maximum absolute atomic E-state index is 12.7. The minimum atomic E-state index is -0.228. The highest BCUT2D eigenvalue weighted by Gasteiger charge is 2.18. The number of anilines is 1. The number of rotatable bonds is 5. The predicted molar refractivity (Wildman–Crippen MR) is 111 cm³/mol. The molecule has 3 rings (SSSR count). The number of nitrogens with one attached hydrogen (secondary N) is 1. The molecule has 1 heterocycles. The normalized spacial score (nSPS) is 14.5. The molecular formula is C23H28N2O3. The van der Waals surface area contributed by atoms with Crippen LogP contribution in [0.2, 0.25) is 0 Å². The van der Waals surface area contributed by atoms with Crippen molar-refractivity contribution in [2.75, 3.05) is 18.4 Å². The third-order valence-corrected chi connectivity index (χ3v) is 4.79. The van der Waals surface area contributed by atoms with Crippen LogP contribution >= 0.6 is 0 Å². The molecule has 28 heavy (non-hydrogen) atoms. The van der Waals surface area contributed by atoms with E-state index in [-0.39, 0.29) is 17.9 Å². The van der Waals surface area contributed by atoms with Gasteiger partial charge in [-0.15, -0.1) is 0 Å². The molecule has 5 nitrogen and oxygen atoms in total. The minimum absolute atomic E-state index is 0.0161. The zero-order valence-electron chi connectivity index (χ0n) is 16.6. The Morgan fingerprint density at radius 2 is 1.50 bits per heavy atom. The fourth-order valence-electron chi connectivity index (χ4n) is 3.34. The van der Waals surface area contributed by atoms with Crippen molar-refractivity contribution in [2.45, 2.75) is 45.6 Å². The molecule has 0 aliphatic carbocycles. The first-order valence-electron chi connectivity index (χ1n) is 10.0. The van der Waals surface area contributed by atoms with Crippen LogP contribution in [0.4, 0.5) is 5.69 Å². The molecule has 1 saturated heterocycles. The second kappa shape index (κ2) is 9.40. The highest BCUT2D eigenvalue weighted by molar-refractivity contribution is 6.05. The average molecular weight is 380 g/mol. The Morgan fingerprint density at radius 1 is 0.893 bits per heavy atom. The molecule has 0 saturated carbocycles. The number of carbonyl (C=O) groups excluding carboxylic acids is 2. The van der Waals surface area contributed by atoms with Gasteiger partial charge in [-0.3, -0.25) is 9.59 Å². The van der Waals surface area contributed by atoms with Crippen LogP contribution in [-0.4, -0.2) is 35.9 Å². The molecule has 0 radical (unpaired) electrons. The fourth-order valence-corrected chi connectivity index (χ4v) is 3.34. The van der Waals surface area contributed by atoms with Gasteiger partial charge in [0.2, 0.25) is 0 Å². The van der Waals surface area contributed by atoms with E-state index in [0.717, 1.165) is 25.9 Å². The first kappa shape index (κ1) is 19.9. The first-order valence-corrected chi connectivity index (χ1v) is 10.0. The van der Waals surface area contributed by atoms with Crippen LogP contribution in [0.25, 0.3) is 0 Å². The van der Waals surface area contributed by atoms with Crippen LogP contribution in [-0.2, 0) is 0 Å². The lowest BCUT2D eigenvalue weighted by atomic mass is 10.1. The lowest BCUT2D eigenvalue weighted by molar-refractivity contribution is 0.0761. The molecule has 0 bridgehead atoms. The summed E-state index contributed by atoms with van der Waals surface area (Å²) in [4.78, 5) is 27.2. The number of para-hydroxylation sites is 2. The highest BCUT2D eigenvalue weighted by atomic mass is 16.5. The molecule has 0 atom stereocenters. The molecule has 5 heteroatoms. The van der Waals surface area contributed by atoms with E-state index in [1.807, 2.05) is 43.0 Å². The molecule has 1 N–H and O–H groups in total. The Hall–Kier alpha value is -2.82. The van der Waals surface area contributed by atoms with Crippen LogP contribution in [0.3, 0.4) is 0 Å². The second-order valence-corrected chi connectivity index (χ2v) is 7.40. The summed E-state index contributed by atoms with van der Waals surface area (Å²) in [5.41, 5.74) is 1.76. The Balaban J connectivity index is 1.68. The summed E-state index contributed by atoms with van der Waals surface area (Å²) >= 11 is 0. The van der Waals surface area contributed by atoms with Crippen LogP contribution in [0.1, 0.15) is 60.2 Å². The van der Waals surface area contributed by atoms with E-state index in [1.165, 1.54) is 12.8 Å². The Kier molecular flexibility index (Phi) is 6.69. The van der Waals surface area contributed by atoms with Gasteiger partial charge in [-0.25, -0.2) is 0 Å². The van der Waals surface area contributed by atoms with Crippen molar-refractivity contribution in [3.8, 4) is 5.75 Å². The van der Waals surface area contributed by atoms with Gasteiger partial charge in [0, 0.05) is 24.2 Å². The molecule has 1 aliphatic heterocycles. The number of hydrogen-bond donors (Lipinski definition) is 1. The SMILES string of the molecule is CC(C)Oc1ccccc1NC(=O)c1ccc(C(=O)N2CCCCCC2)cc1. The molecule has 148 valence electrons. The zero-order chi connectivity index (χ0) is 19.9. The summed E-state index contributed by atoms with van der Waals surface area (Å²) < 4.78 is 5.75. The molecule has 2 aromatic rings. The largest absolute Gasteiger partial charge is 0.489 e. The second-order valence-electron chi connectivity index (χ2n) is 7.40. The van der Waals surface area contributed by atoms with Crippen LogP contribution < -0.4 is 10.1 Å². The Morgan fingerprint density at radius 3 is 2.14 bits per heavy atom. The van der Waals surface area contributed by atoms with E-state index < -0.39 is 0 Å². The van der Waals surface area contributed by atoms with Crippen molar-refractivity contribution < 1.29 is 14.3 Å². The first-order chi connectivity index (χ1) is 13.5. The maximum atomic E-state index is 12.7. The number of amides is 2. The summed E-state index contributed by atoms with van der Waals surface area (Å²) in [6, 6.07) is 14.2. The van der Waals surface area contributed by atoms with Crippen LogP contribution in [0.15, 0.2) is 48.5 Å². The zero-order valence-corrected chi connectivity index (χ0v) is 16.6. The summed E-state index contributed by atoms with van der Waals surface area (Å²) in [7, 11) is 0. The standard InChI is InChI=1S/C23H28N2O3/c1-17(2)28-21-10-6-5-9-20(21)24-22(26)18-11-13-19(14-12-18)23(27)25-15-7-3-4-8-16-25/h5-6,9-14,17H,3-4,7-8,15-16H2,1-2H3,(H,24,26). The van der Waals surface area contributed by atoms with E-state index in [9.17, 15) is 9.59 Å². The highest BCUT2D eigenvalue weighted by Crippen LogP contribution is 2.25. The lowest BCUT2D eigenvalue weighted by Gasteiger charge is -2.20. The molecular weight excluding hydrogens is 352 g/mol. The summed E-state index contributed by atoms with van der Waals surface area (Å²) in [5.74, 6) is 0.455. The third-order valence-electron chi connectivity index (χ3n) is 4.79. The number of benzene rings is 2. The molecule has 0 aromatic heterocycles. The lowest BCUT2D eigenvalue weighted by Crippen LogP contribution is -2.31. The molecule has 2 aromatic carbocycles. The Labute approximate surface area is 166 Å². The van der Waals surface area contributed by atoms with E-state index in [0.29, 0.717) is 22.6 Å². The van der Waals surface area contributed by atoms with Gasteiger partial charge in [0.05, 0.1) is 11.8 Å². The van der Waals surface area contributed by atoms with Gasteiger partial charge in [0.1, 0.15) is 5.75 Å². The summed E-state index contributed by atoms with van der Waals surface area (Å²) in [5, 5.41) is 2.89. The molecule has 2 amide bonds. The van der Waals surface area contributed by atoms with Gasteiger partial charge in [-0.1, -0.05) is 25.0 Å². The van der Waals surface area contributed by atoms with Crippen molar-refractivity contribution in [2.24, 2.45) is 0 Å². The van der Waals surface area contributed by atoms with E-state index in [4.69, 9.17) is 4.74 Å². The van der Waals surface area contributed by atoms with Crippen molar-refractivity contribution >= 4 is 17.5 Å². The predicted octanol–water partition coefficient (Wildman–Crippen LogP) is 4.74.